The third-order valence-corrected chi connectivity index (χ3v) is 4.50. The predicted molar refractivity (Wildman–Crippen MR) is 106 cm³/mol. The van der Waals surface area contributed by atoms with Crippen LogP contribution in [0.5, 0.6) is 5.75 Å². The highest BCUT2D eigenvalue weighted by molar-refractivity contribution is 5.88. The summed E-state index contributed by atoms with van der Waals surface area (Å²) in [6.07, 6.45) is 0.817. The number of carbonyl (C=O) groups is 2. The quantitative estimate of drug-likeness (QED) is 0.607. The number of nitrogens with zero attached hydrogens (tertiary/aromatic N) is 2. The zero-order chi connectivity index (χ0) is 20.8. The SMILES string of the molecule is CCOC(=O)N1CCC(=NNC(=O)COc2ccc3c(C)cc(=O)oc3c2)CC1. The molecule has 29 heavy (non-hydrogen) atoms. The average Bonchev–Trinajstić information content (AvgIpc) is 2.71. The number of rotatable bonds is 5. The maximum Gasteiger partial charge on any atom is 0.409 e. The van der Waals surface area contributed by atoms with Crippen LogP contribution in [0, 0.1) is 6.92 Å². The number of carbonyl (C=O) groups excluding carboxylic acids is 2. The summed E-state index contributed by atoms with van der Waals surface area (Å²) in [5, 5.41) is 4.91. The van der Waals surface area contributed by atoms with Crippen LogP contribution in [0.1, 0.15) is 25.3 Å². The number of hydrogen-bond acceptors (Lipinski definition) is 7. The van der Waals surface area contributed by atoms with Crippen molar-refractivity contribution in [3.8, 4) is 5.75 Å². The molecule has 1 N–H and O–H groups in total. The Balaban J connectivity index is 1.49. The fourth-order valence-electron chi connectivity index (χ4n) is 2.99. The lowest BCUT2D eigenvalue weighted by Crippen LogP contribution is -2.39. The van der Waals surface area contributed by atoms with Crippen molar-refractivity contribution in [3.05, 3.63) is 40.2 Å². The van der Waals surface area contributed by atoms with Crippen molar-refractivity contribution >= 4 is 28.7 Å². The number of piperidine rings is 1. The molecular weight excluding hydrogens is 378 g/mol. The first-order valence-corrected chi connectivity index (χ1v) is 9.39. The van der Waals surface area contributed by atoms with Gasteiger partial charge in [-0.3, -0.25) is 4.79 Å². The molecule has 0 radical (unpaired) electrons. The number of amides is 2. The molecule has 1 aliphatic rings. The number of aryl methyl sites for hydroxylation is 1. The van der Waals surface area contributed by atoms with Crippen LogP contribution < -0.4 is 15.8 Å². The van der Waals surface area contributed by atoms with Crippen LogP contribution in [-0.2, 0) is 9.53 Å². The first-order valence-electron chi connectivity index (χ1n) is 9.39. The minimum atomic E-state index is -0.435. The van der Waals surface area contributed by atoms with Gasteiger partial charge in [-0.25, -0.2) is 15.0 Å². The van der Waals surface area contributed by atoms with Gasteiger partial charge in [0.2, 0.25) is 0 Å². The normalized spacial score (nSPS) is 13.9. The summed E-state index contributed by atoms with van der Waals surface area (Å²) in [5.41, 5.74) is 4.05. The lowest BCUT2D eigenvalue weighted by molar-refractivity contribution is -0.123. The fourth-order valence-corrected chi connectivity index (χ4v) is 2.99. The third kappa shape index (κ3) is 5.34. The van der Waals surface area contributed by atoms with Gasteiger partial charge < -0.3 is 18.8 Å². The second-order valence-electron chi connectivity index (χ2n) is 6.59. The monoisotopic (exact) mass is 401 g/mol. The first-order chi connectivity index (χ1) is 14.0. The van der Waals surface area contributed by atoms with E-state index in [1.165, 1.54) is 6.07 Å². The van der Waals surface area contributed by atoms with E-state index in [1.807, 2.05) is 6.92 Å². The van der Waals surface area contributed by atoms with Crippen LogP contribution in [0.4, 0.5) is 4.79 Å². The summed E-state index contributed by atoms with van der Waals surface area (Å²) in [4.78, 5) is 36.8. The third-order valence-electron chi connectivity index (χ3n) is 4.50. The van der Waals surface area contributed by atoms with Crippen LogP contribution >= 0.6 is 0 Å². The topological polar surface area (TPSA) is 110 Å². The highest BCUT2D eigenvalue weighted by atomic mass is 16.6. The molecule has 1 aromatic heterocycles. The van der Waals surface area contributed by atoms with Gasteiger partial charge in [0.05, 0.1) is 6.61 Å². The van der Waals surface area contributed by atoms with E-state index in [4.69, 9.17) is 13.9 Å². The highest BCUT2D eigenvalue weighted by Gasteiger charge is 2.20. The molecule has 1 fully saturated rings. The van der Waals surface area contributed by atoms with Gasteiger partial charge in [-0.2, -0.15) is 5.10 Å². The van der Waals surface area contributed by atoms with Gasteiger partial charge in [-0.15, -0.1) is 0 Å². The van der Waals surface area contributed by atoms with Crippen molar-refractivity contribution in [2.75, 3.05) is 26.3 Å². The Morgan fingerprint density at radius 2 is 2.00 bits per heavy atom. The Morgan fingerprint density at radius 1 is 1.24 bits per heavy atom. The van der Waals surface area contributed by atoms with E-state index < -0.39 is 11.5 Å². The van der Waals surface area contributed by atoms with Gasteiger partial charge in [0.25, 0.3) is 5.91 Å². The molecule has 2 heterocycles. The standard InChI is InChI=1S/C20H23N3O6/c1-3-27-20(26)23-8-6-14(7-9-23)21-22-18(24)12-28-15-4-5-16-13(2)10-19(25)29-17(16)11-15/h4-5,10-11H,3,6-9,12H2,1-2H3,(H,22,24). The van der Waals surface area contributed by atoms with Gasteiger partial charge >= 0.3 is 11.7 Å². The fraction of sp³-hybridized carbons (Fsp3) is 0.400. The Hall–Kier alpha value is -3.36. The van der Waals surface area contributed by atoms with E-state index in [-0.39, 0.29) is 12.7 Å². The Bertz CT molecular complexity index is 987. The molecule has 0 unspecified atom stereocenters. The molecule has 1 aliphatic heterocycles. The second-order valence-corrected chi connectivity index (χ2v) is 6.59. The number of fused-ring (bicyclic) bond motifs is 1. The van der Waals surface area contributed by atoms with Crippen LogP contribution in [0.25, 0.3) is 11.0 Å². The Labute approximate surface area is 167 Å². The Morgan fingerprint density at radius 3 is 2.72 bits per heavy atom. The van der Waals surface area contributed by atoms with E-state index in [2.05, 4.69) is 10.5 Å². The molecule has 2 aromatic rings. The van der Waals surface area contributed by atoms with Crippen molar-refractivity contribution in [2.24, 2.45) is 5.10 Å². The van der Waals surface area contributed by atoms with Crippen molar-refractivity contribution in [1.29, 1.82) is 0 Å². The summed E-state index contributed by atoms with van der Waals surface area (Å²) in [7, 11) is 0. The van der Waals surface area contributed by atoms with E-state index in [0.717, 1.165) is 16.7 Å². The summed E-state index contributed by atoms with van der Waals surface area (Å²) in [6.45, 7) is 4.71. The van der Waals surface area contributed by atoms with Gasteiger partial charge in [0.1, 0.15) is 11.3 Å². The van der Waals surface area contributed by atoms with Crippen LogP contribution in [0.3, 0.4) is 0 Å². The molecular formula is C20H23N3O6. The van der Waals surface area contributed by atoms with E-state index in [9.17, 15) is 14.4 Å². The number of ether oxygens (including phenoxy) is 2. The maximum atomic E-state index is 12.0. The number of hydrazone groups is 1. The van der Waals surface area contributed by atoms with Gasteiger partial charge in [0, 0.05) is 49.2 Å². The average molecular weight is 401 g/mol. The van der Waals surface area contributed by atoms with E-state index in [1.54, 1.807) is 30.0 Å². The van der Waals surface area contributed by atoms with Crippen molar-refractivity contribution in [1.82, 2.24) is 10.3 Å². The summed E-state index contributed by atoms with van der Waals surface area (Å²) in [6, 6.07) is 6.48. The molecule has 0 spiro atoms. The van der Waals surface area contributed by atoms with E-state index in [0.29, 0.717) is 43.9 Å². The molecule has 2 amide bonds. The molecule has 0 saturated carbocycles. The zero-order valence-electron chi connectivity index (χ0n) is 16.4. The number of likely N-dealkylation sites (tertiary alicyclic amines) is 1. The summed E-state index contributed by atoms with van der Waals surface area (Å²) < 4.78 is 15.6. The zero-order valence-corrected chi connectivity index (χ0v) is 16.4. The molecule has 3 rings (SSSR count). The minimum Gasteiger partial charge on any atom is -0.484 e. The van der Waals surface area contributed by atoms with Gasteiger partial charge in [-0.1, -0.05) is 0 Å². The van der Waals surface area contributed by atoms with Crippen LogP contribution in [0.2, 0.25) is 0 Å². The smallest absolute Gasteiger partial charge is 0.409 e. The van der Waals surface area contributed by atoms with Gasteiger partial charge in [0.15, 0.2) is 6.61 Å². The molecule has 1 saturated heterocycles. The summed E-state index contributed by atoms with van der Waals surface area (Å²) in [5.74, 6) is 0.00733. The lowest BCUT2D eigenvalue weighted by Gasteiger charge is -2.26. The number of hydrogen-bond donors (Lipinski definition) is 1. The molecule has 0 bridgehead atoms. The lowest BCUT2D eigenvalue weighted by atomic mass is 10.1. The molecule has 0 atom stereocenters. The molecule has 0 aliphatic carbocycles. The van der Waals surface area contributed by atoms with Crippen molar-refractivity contribution in [3.63, 3.8) is 0 Å². The van der Waals surface area contributed by atoms with Crippen LogP contribution in [0.15, 0.2) is 38.6 Å². The molecule has 1 aromatic carbocycles. The van der Waals surface area contributed by atoms with Crippen LogP contribution in [-0.4, -0.2) is 48.9 Å². The number of nitrogens with one attached hydrogen (secondary N) is 1. The largest absolute Gasteiger partial charge is 0.484 e. The minimum absolute atomic E-state index is 0.229. The Kier molecular flexibility index (Phi) is 6.48. The molecule has 154 valence electrons. The highest BCUT2D eigenvalue weighted by Crippen LogP contribution is 2.22. The van der Waals surface area contributed by atoms with E-state index >= 15 is 0 Å². The maximum absolute atomic E-state index is 12.0. The first kappa shape index (κ1) is 20.4. The second kappa shape index (κ2) is 9.22. The molecule has 9 heteroatoms. The number of benzene rings is 1. The summed E-state index contributed by atoms with van der Waals surface area (Å²) >= 11 is 0. The van der Waals surface area contributed by atoms with Crippen molar-refractivity contribution < 1.29 is 23.5 Å². The van der Waals surface area contributed by atoms with Gasteiger partial charge in [-0.05, 0) is 31.5 Å². The van der Waals surface area contributed by atoms with Crippen molar-refractivity contribution in [2.45, 2.75) is 26.7 Å². The predicted octanol–water partition coefficient (Wildman–Crippen LogP) is 2.20. The molecule has 9 nitrogen and oxygen atoms in total.